The zero-order valence-corrected chi connectivity index (χ0v) is 57.0. The van der Waals surface area contributed by atoms with Gasteiger partial charge in [-0.25, -0.2) is 0 Å². The number of aromatic nitrogens is 2. The van der Waals surface area contributed by atoms with Crippen LogP contribution in [0.25, 0.3) is 118 Å². The van der Waals surface area contributed by atoms with Crippen molar-refractivity contribution in [1.29, 1.82) is 0 Å². The van der Waals surface area contributed by atoms with Crippen LogP contribution in [0.15, 0.2) is 267 Å². The van der Waals surface area contributed by atoms with Gasteiger partial charge in [-0.15, -0.1) is 22.7 Å². The third-order valence-corrected chi connectivity index (χ3v) is 23.5. The van der Waals surface area contributed by atoms with Gasteiger partial charge in [0.2, 0.25) is 0 Å². The third kappa shape index (κ3) is 9.01. The fourth-order valence-corrected chi connectivity index (χ4v) is 19.0. The summed E-state index contributed by atoms with van der Waals surface area (Å²) in [5.41, 5.74) is 27.2. The van der Waals surface area contributed by atoms with E-state index in [1.807, 2.05) is 22.7 Å². The lowest BCUT2D eigenvalue weighted by atomic mass is 9.33. The van der Waals surface area contributed by atoms with Crippen molar-refractivity contribution in [3.05, 3.63) is 284 Å². The van der Waals surface area contributed by atoms with Gasteiger partial charge < -0.3 is 18.9 Å². The van der Waals surface area contributed by atoms with E-state index in [0.29, 0.717) is 0 Å². The molecule has 0 saturated heterocycles. The van der Waals surface area contributed by atoms with E-state index in [2.05, 4.69) is 320 Å². The summed E-state index contributed by atoms with van der Waals surface area (Å²) < 4.78 is 10.4. The number of nitrogens with zero attached hydrogens (tertiary/aromatic N) is 4. The predicted molar refractivity (Wildman–Crippen MR) is 422 cm³/mol. The molecule has 4 aromatic heterocycles. The number of anilines is 6. The van der Waals surface area contributed by atoms with Crippen LogP contribution in [0.2, 0.25) is 0 Å². The zero-order valence-electron chi connectivity index (χ0n) is 55.3. The van der Waals surface area contributed by atoms with E-state index in [-0.39, 0.29) is 12.1 Å². The molecule has 13 aromatic carbocycles. The molecule has 2 aliphatic heterocycles. The molecule has 0 amide bonds. The molecule has 0 bridgehead atoms. The Hall–Kier alpha value is -10.4. The summed E-state index contributed by atoms with van der Waals surface area (Å²) in [6, 6.07) is 102. The van der Waals surface area contributed by atoms with E-state index in [0.717, 1.165) is 49.9 Å². The highest BCUT2D eigenvalue weighted by molar-refractivity contribution is 7.26. The SMILES string of the molecule is CCCCc1c(N2c3cc(-n4c5ccccc5c5cc(-c6ccccc6)ccc54)ccc3B3c4ccc(-n5c6ccccc6c6cc(-c7ccccc7)ccc65)cc4N(c4ccc5sc6ccccc6c5c4CCCC)c4cc(C(C)(C)C)cc2c43)ccc2sc3ccccc3c12. The van der Waals surface area contributed by atoms with Crippen molar-refractivity contribution in [3.8, 4) is 33.6 Å². The first-order valence-electron chi connectivity index (χ1n) is 34.8. The number of benzene rings is 13. The fourth-order valence-electron chi connectivity index (χ4n) is 16.7. The van der Waals surface area contributed by atoms with Crippen LogP contribution in [0.4, 0.5) is 34.1 Å². The normalized spacial score (nSPS) is 13.0. The number of aryl methyl sites for hydroxylation is 2. The van der Waals surface area contributed by atoms with Crippen molar-refractivity contribution < 1.29 is 0 Å². The molecule has 6 heterocycles. The molecule has 466 valence electrons. The average Bonchev–Trinajstić information content (AvgIpc) is 1.37. The summed E-state index contributed by atoms with van der Waals surface area (Å²) in [5, 5.41) is 10.5. The Morgan fingerprint density at radius 3 is 1.19 bits per heavy atom. The van der Waals surface area contributed by atoms with Gasteiger partial charge in [0.15, 0.2) is 0 Å². The summed E-state index contributed by atoms with van der Waals surface area (Å²) in [6.45, 7) is 11.8. The van der Waals surface area contributed by atoms with Gasteiger partial charge in [0.25, 0.3) is 6.71 Å². The minimum absolute atomic E-state index is 0.132. The summed E-state index contributed by atoms with van der Waals surface area (Å²) in [4.78, 5) is 5.52. The Bertz CT molecular complexity index is 5700. The van der Waals surface area contributed by atoms with E-state index < -0.39 is 0 Å². The molecule has 0 saturated carbocycles. The maximum absolute atomic E-state index is 2.76. The van der Waals surface area contributed by atoms with Gasteiger partial charge in [-0.1, -0.05) is 205 Å². The molecule has 4 nitrogen and oxygen atoms in total. The van der Waals surface area contributed by atoms with Crippen molar-refractivity contribution in [2.45, 2.75) is 78.6 Å². The Labute approximate surface area is 574 Å². The molecule has 17 aromatic rings. The third-order valence-electron chi connectivity index (χ3n) is 21.3. The highest BCUT2D eigenvalue weighted by atomic mass is 32.1. The fraction of sp³-hybridized carbons (Fsp3) is 0.133. The second-order valence-corrected chi connectivity index (χ2v) is 30.1. The predicted octanol–water partition coefficient (Wildman–Crippen LogP) is 24.0. The number of hydrogen-bond acceptors (Lipinski definition) is 4. The Balaban J connectivity index is 0.932. The van der Waals surface area contributed by atoms with Crippen LogP contribution in [-0.2, 0) is 18.3 Å². The van der Waals surface area contributed by atoms with Crippen LogP contribution in [0, 0.1) is 0 Å². The van der Waals surface area contributed by atoms with Crippen LogP contribution in [0.1, 0.15) is 77.0 Å². The van der Waals surface area contributed by atoms with Gasteiger partial charge >= 0.3 is 0 Å². The molecule has 0 N–H and O–H groups in total. The number of para-hydroxylation sites is 2. The van der Waals surface area contributed by atoms with Crippen LogP contribution in [0.3, 0.4) is 0 Å². The van der Waals surface area contributed by atoms with Gasteiger partial charge in [-0.05, 0) is 196 Å². The van der Waals surface area contributed by atoms with Crippen LogP contribution in [0.5, 0.6) is 0 Å². The van der Waals surface area contributed by atoms with Gasteiger partial charge in [-0.2, -0.15) is 0 Å². The first kappa shape index (κ1) is 58.0. The van der Waals surface area contributed by atoms with E-state index >= 15 is 0 Å². The van der Waals surface area contributed by atoms with Crippen molar-refractivity contribution in [3.63, 3.8) is 0 Å². The second kappa shape index (κ2) is 22.6. The zero-order chi connectivity index (χ0) is 64.8. The summed E-state index contributed by atoms with van der Waals surface area (Å²) in [5.74, 6) is 0. The van der Waals surface area contributed by atoms with E-state index in [1.165, 1.54) is 173 Å². The second-order valence-electron chi connectivity index (χ2n) is 27.9. The first-order valence-corrected chi connectivity index (χ1v) is 36.4. The number of hydrogen-bond donors (Lipinski definition) is 0. The molecular weight excluding hydrogens is 1210 g/mol. The van der Waals surface area contributed by atoms with Gasteiger partial charge in [0.1, 0.15) is 0 Å². The lowest BCUT2D eigenvalue weighted by Gasteiger charge is -2.46. The van der Waals surface area contributed by atoms with Gasteiger partial charge in [0, 0.05) is 107 Å². The first-order chi connectivity index (χ1) is 47.7. The summed E-state index contributed by atoms with van der Waals surface area (Å²) >= 11 is 3.86. The summed E-state index contributed by atoms with van der Waals surface area (Å²) in [7, 11) is 0. The molecular formula is C90H71BN4S2. The van der Waals surface area contributed by atoms with Crippen LogP contribution in [-0.4, -0.2) is 15.8 Å². The molecule has 0 radical (unpaired) electrons. The van der Waals surface area contributed by atoms with E-state index in [9.17, 15) is 0 Å². The van der Waals surface area contributed by atoms with Gasteiger partial charge in [0.05, 0.1) is 22.1 Å². The maximum atomic E-state index is 2.76. The van der Waals surface area contributed by atoms with Crippen molar-refractivity contribution in [1.82, 2.24) is 9.13 Å². The quantitative estimate of drug-likeness (QED) is 0.113. The topological polar surface area (TPSA) is 16.3 Å². The number of fused-ring (bicyclic) bond motifs is 16. The molecule has 97 heavy (non-hydrogen) atoms. The number of thiophene rings is 2. The molecule has 0 fully saturated rings. The highest BCUT2D eigenvalue weighted by Gasteiger charge is 2.46. The molecule has 0 unspecified atom stereocenters. The monoisotopic (exact) mass is 1280 g/mol. The largest absolute Gasteiger partial charge is 0.311 e. The van der Waals surface area contributed by atoms with Crippen molar-refractivity contribution >= 4 is 164 Å². The minimum Gasteiger partial charge on any atom is -0.311 e. The minimum atomic E-state index is -0.233. The Morgan fingerprint density at radius 1 is 0.330 bits per heavy atom. The van der Waals surface area contributed by atoms with Crippen LogP contribution < -0.4 is 26.2 Å². The molecule has 0 spiro atoms. The van der Waals surface area contributed by atoms with Crippen LogP contribution >= 0.6 is 22.7 Å². The smallest absolute Gasteiger partial charge is 0.252 e. The van der Waals surface area contributed by atoms with E-state index in [1.54, 1.807) is 0 Å². The molecule has 2 aliphatic rings. The van der Waals surface area contributed by atoms with Crippen molar-refractivity contribution in [2.75, 3.05) is 9.80 Å². The highest BCUT2D eigenvalue weighted by Crippen LogP contribution is 2.53. The molecule has 7 heteroatoms. The van der Waals surface area contributed by atoms with E-state index in [4.69, 9.17) is 0 Å². The van der Waals surface area contributed by atoms with Crippen molar-refractivity contribution in [2.24, 2.45) is 0 Å². The standard InChI is InChI=1S/C90H71BN4S2/c1-6-8-28-65-75(46-48-85-87(65)67-32-18-22-36-83(67)96-85)94-79-54-61(92-73-34-20-16-30-63(73)69-50-58(38-44-77(69)92)56-24-12-10-13-25-56)40-42-71(79)91-72-43-41-62(93-74-35-21-17-31-64(74)70-51-59(39-45-78(70)93)57-26-14-11-15-27-57)55-80(72)95(82-53-60(90(3,4)5)52-81(94)89(82)91)76-47-49-86-88(66(76)29-9-7-2)68-33-19-23-37-84(68)97-86/h10-27,30-55H,6-9,28-29H2,1-5H3. The lowest BCUT2D eigenvalue weighted by Crippen LogP contribution is -2.61. The Morgan fingerprint density at radius 2 is 0.742 bits per heavy atom. The Kier molecular flexibility index (Phi) is 13.5. The summed E-state index contributed by atoms with van der Waals surface area (Å²) in [6.07, 6.45) is 6.26. The molecule has 0 atom stereocenters. The molecule has 0 aliphatic carbocycles. The number of rotatable bonds is 12. The average molecular weight is 1280 g/mol. The number of unbranched alkanes of at least 4 members (excludes halogenated alkanes) is 2. The maximum Gasteiger partial charge on any atom is 0.252 e. The lowest BCUT2D eigenvalue weighted by molar-refractivity contribution is 0.590. The molecule has 19 rings (SSSR count). The van der Waals surface area contributed by atoms with Gasteiger partial charge in [-0.3, -0.25) is 0 Å².